The molecule has 1 aromatic rings. The molecule has 1 fully saturated rings. The van der Waals surface area contributed by atoms with E-state index in [0.717, 1.165) is 24.4 Å². The van der Waals surface area contributed by atoms with E-state index in [0.29, 0.717) is 18.6 Å². The van der Waals surface area contributed by atoms with E-state index < -0.39 is 6.10 Å². The van der Waals surface area contributed by atoms with Gasteiger partial charge in [-0.15, -0.1) is 0 Å². The number of aliphatic hydroxyl groups excluding tert-OH is 1. The second-order valence-electron chi connectivity index (χ2n) is 5.40. The van der Waals surface area contributed by atoms with Crippen molar-refractivity contribution in [3.63, 3.8) is 0 Å². The Kier molecular flexibility index (Phi) is 4.80. The summed E-state index contributed by atoms with van der Waals surface area (Å²) >= 11 is 0. The zero-order chi connectivity index (χ0) is 13.8. The van der Waals surface area contributed by atoms with Gasteiger partial charge in [0.25, 0.3) is 0 Å². The molecule has 3 unspecified atom stereocenters. The summed E-state index contributed by atoms with van der Waals surface area (Å²) in [5, 5.41) is 13.8. The van der Waals surface area contributed by atoms with Gasteiger partial charge in [0.2, 0.25) is 0 Å². The van der Waals surface area contributed by atoms with E-state index in [1.54, 1.807) is 7.11 Å². The lowest BCUT2D eigenvalue weighted by atomic mass is 10.1. The molecule has 0 aromatic heterocycles. The second kappa shape index (κ2) is 6.37. The Morgan fingerprint density at radius 1 is 1.47 bits per heavy atom. The first-order valence-electron chi connectivity index (χ1n) is 6.89. The summed E-state index contributed by atoms with van der Waals surface area (Å²) in [6.45, 7) is 6.99. The van der Waals surface area contributed by atoms with Crippen LogP contribution in [0.15, 0.2) is 24.3 Å². The van der Waals surface area contributed by atoms with Crippen molar-refractivity contribution in [3.8, 4) is 5.75 Å². The fourth-order valence-corrected chi connectivity index (χ4v) is 2.53. The molecule has 0 amide bonds. The number of rotatable bonds is 4. The number of hydrogen-bond donors (Lipinski definition) is 2. The third-order valence-electron chi connectivity index (χ3n) is 3.78. The minimum atomic E-state index is -0.470. The Bertz CT molecular complexity index is 411. The predicted molar refractivity (Wildman–Crippen MR) is 76.5 cm³/mol. The lowest BCUT2D eigenvalue weighted by Crippen LogP contribution is -2.55. The molecule has 0 spiro atoms. The largest absolute Gasteiger partial charge is 0.497 e. The fourth-order valence-electron chi connectivity index (χ4n) is 2.53. The first-order chi connectivity index (χ1) is 9.10. The summed E-state index contributed by atoms with van der Waals surface area (Å²) in [7, 11) is 1.64. The maximum atomic E-state index is 10.4. The molecular weight excluding hydrogens is 240 g/mol. The summed E-state index contributed by atoms with van der Waals surface area (Å²) in [6, 6.07) is 8.60. The van der Waals surface area contributed by atoms with Crippen LogP contribution >= 0.6 is 0 Å². The van der Waals surface area contributed by atoms with Crippen LogP contribution in [0.2, 0.25) is 0 Å². The normalized spacial score (nSPS) is 26.1. The van der Waals surface area contributed by atoms with Crippen LogP contribution in [0.1, 0.15) is 25.5 Å². The van der Waals surface area contributed by atoms with Crippen molar-refractivity contribution in [2.24, 2.45) is 0 Å². The van der Waals surface area contributed by atoms with E-state index in [2.05, 4.69) is 24.1 Å². The summed E-state index contributed by atoms with van der Waals surface area (Å²) in [5.41, 5.74) is 0.915. The van der Waals surface area contributed by atoms with Crippen molar-refractivity contribution < 1.29 is 9.84 Å². The van der Waals surface area contributed by atoms with Crippen LogP contribution in [0.4, 0.5) is 0 Å². The van der Waals surface area contributed by atoms with Gasteiger partial charge in [0.1, 0.15) is 5.75 Å². The molecule has 3 atom stereocenters. The minimum absolute atomic E-state index is 0.455. The summed E-state index contributed by atoms with van der Waals surface area (Å²) in [5.74, 6) is 0.790. The third-order valence-corrected chi connectivity index (χ3v) is 3.78. The summed E-state index contributed by atoms with van der Waals surface area (Å²) in [6.07, 6.45) is -0.470. The van der Waals surface area contributed by atoms with Gasteiger partial charge in [-0.05, 0) is 31.5 Å². The van der Waals surface area contributed by atoms with Crippen LogP contribution in [0.5, 0.6) is 5.75 Å². The van der Waals surface area contributed by atoms with Gasteiger partial charge >= 0.3 is 0 Å². The smallest absolute Gasteiger partial charge is 0.119 e. The molecule has 0 aliphatic carbocycles. The van der Waals surface area contributed by atoms with E-state index in [-0.39, 0.29) is 0 Å². The molecule has 0 saturated carbocycles. The van der Waals surface area contributed by atoms with E-state index >= 15 is 0 Å². The van der Waals surface area contributed by atoms with Gasteiger partial charge < -0.3 is 15.2 Å². The van der Waals surface area contributed by atoms with Crippen molar-refractivity contribution in [1.82, 2.24) is 10.2 Å². The highest BCUT2D eigenvalue weighted by Gasteiger charge is 2.24. The highest BCUT2D eigenvalue weighted by molar-refractivity contribution is 5.29. The standard InChI is InChI=1S/C15H24N2O2/c1-11-9-17(12(2)8-16-11)10-15(18)13-5-4-6-14(7-13)19-3/h4-7,11-12,15-16,18H,8-10H2,1-3H3. The van der Waals surface area contributed by atoms with Crippen LogP contribution in [0, 0.1) is 0 Å². The predicted octanol–water partition coefficient (Wildman–Crippen LogP) is 1.41. The third kappa shape index (κ3) is 3.69. The molecule has 106 valence electrons. The van der Waals surface area contributed by atoms with Gasteiger partial charge in [0.05, 0.1) is 13.2 Å². The molecule has 19 heavy (non-hydrogen) atoms. The average Bonchev–Trinajstić information content (AvgIpc) is 2.43. The molecule has 1 aliphatic rings. The quantitative estimate of drug-likeness (QED) is 0.863. The number of benzene rings is 1. The average molecular weight is 264 g/mol. The van der Waals surface area contributed by atoms with Crippen LogP contribution in [0.3, 0.4) is 0 Å². The topological polar surface area (TPSA) is 44.7 Å². The van der Waals surface area contributed by atoms with E-state index in [1.807, 2.05) is 24.3 Å². The Morgan fingerprint density at radius 3 is 3.00 bits per heavy atom. The molecule has 0 bridgehead atoms. The number of methoxy groups -OCH3 is 1. The Morgan fingerprint density at radius 2 is 2.26 bits per heavy atom. The second-order valence-corrected chi connectivity index (χ2v) is 5.40. The zero-order valence-electron chi connectivity index (χ0n) is 12.0. The number of nitrogens with one attached hydrogen (secondary N) is 1. The molecular formula is C15H24N2O2. The van der Waals surface area contributed by atoms with Crippen LogP contribution < -0.4 is 10.1 Å². The van der Waals surface area contributed by atoms with Crippen molar-refractivity contribution in [2.45, 2.75) is 32.0 Å². The van der Waals surface area contributed by atoms with Gasteiger partial charge in [-0.2, -0.15) is 0 Å². The molecule has 2 N–H and O–H groups in total. The number of aliphatic hydroxyl groups is 1. The molecule has 2 rings (SSSR count). The Hall–Kier alpha value is -1.10. The molecule has 4 nitrogen and oxygen atoms in total. The molecule has 1 saturated heterocycles. The maximum absolute atomic E-state index is 10.4. The van der Waals surface area contributed by atoms with Gasteiger partial charge in [0, 0.05) is 31.7 Å². The summed E-state index contributed by atoms with van der Waals surface area (Å²) < 4.78 is 5.20. The van der Waals surface area contributed by atoms with Crippen LogP contribution in [0.25, 0.3) is 0 Å². The van der Waals surface area contributed by atoms with Crippen LogP contribution in [-0.4, -0.2) is 48.8 Å². The first-order valence-corrected chi connectivity index (χ1v) is 6.89. The van der Waals surface area contributed by atoms with E-state index in [1.165, 1.54) is 0 Å². The Balaban J connectivity index is 2.01. The number of ether oxygens (including phenoxy) is 1. The van der Waals surface area contributed by atoms with Gasteiger partial charge in [-0.25, -0.2) is 0 Å². The van der Waals surface area contributed by atoms with Crippen LogP contribution in [-0.2, 0) is 0 Å². The molecule has 4 heteroatoms. The highest BCUT2D eigenvalue weighted by Crippen LogP contribution is 2.21. The van der Waals surface area contributed by atoms with E-state index in [4.69, 9.17) is 4.74 Å². The molecule has 0 radical (unpaired) electrons. The van der Waals surface area contributed by atoms with Gasteiger partial charge in [-0.3, -0.25) is 4.90 Å². The number of piperazine rings is 1. The zero-order valence-corrected chi connectivity index (χ0v) is 12.0. The SMILES string of the molecule is COc1cccc(C(O)CN2CC(C)NCC2C)c1. The number of β-amino-alcohol motifs (C(OH)–C–C–N with tert-alkyl or cyclic N) is 1. The number of nitrogens with zero attached hydrogens (tertiary/aromatic N) is 1. The van der Waals surface area contributed by atoms with Crippen molar-refractivity contribution in [3.05, 3.63) is 29.8 Å². The van der Waals surface area contributed by atoms with Gasteiger partial charge in [-0.1, -0.05) is 12.1 Å². The molecule has 1 aromatic carbocycles. The van der Waals surface area contributed by atoms with E-state index in [9.17, 15) is 5.11 Å². The lowest BCUT2D eigenvalue weighted by molar-refractivity contribution is 0.0679. The highest BCUT2D eigenvalue weighted by atomic mass is 16.5. The van der Waals surface area contributed by atoms with Gasteiger partial charge in [0.15, 0.2) is 0 Å². The van der Waals surface area contributed by atoms with Crippen molar-refractivity contribution in [1.29, 1.82) is 0 Å². The molecule has 1 heterocycles. The fraction of sp³-hybridized carbons (Fsp3) is 0.600. The summed E-state index contributed by atoms with van der Waals surface area (Å²) in [4.78, 5) is 2.34. The molecule has 1 aliphatic heterocycles. The first kappa shape index (κ1) is 14.3. The van der Waals surface area contributed by atoms with Crippen molar-refractivity contribution >= 4 is 0 Å². The number of hydrogen-bond acceptors (Lipinski definition) is 4. The lowest BCUT2D eigenvalue weighted by Gasteiger charge is -2.38. The van der Waals surface area contributed by atoms with Crippen molar-refractivity contribution in [2.75, 3.05) is 26.7 Å². The maximum Gasteiger partial charge on any atom is 0.119 e. The monoisotopic (exact) mass is 264 g/mol. The minimum Gasteiger partial charge on any atom is -0.497 e. The Labute approximate surface area is 115 Å².